The zero-order valence-corrected chi connectivity index (χ0v) is 17.1. The second-order valence-corrected chi connectivity index (χ2v) is 9.87. The van der Waals surface area contributed by atoms with Crippen molar-refractivity contribution in [1.29, 1.82) is 0 Å². The van der Waals surface area contributed by atoms with Crippen LogP contribution in [0.15, 0.2) is 17.5 Å². The molecule has 0 atom stereocenters. The molecule has 0 saturated heterocycles. The zero-order chi connectivity index (χ0) is 18.6. The van der Waals surface area contributed by atoms with Crippen LogP contribution in [0, 0.1) is 27.7 Å². The molecule has 1 aliphatic rings. The molecule has 0 saturated carbocycles. The quantitative estimate of drug-likeness (QED) is 0.449. The van der Waals surface area contributed by atoms with Gasteiger partial charge >= 0.3 is 11.9 Å². The van der Waals surface area contributed by atoms with Gasteiger partial charge in [0.15, 0.2) is 0 Å². The van der Waals surface area contributed by atoms with Gasteiger partial charge in [-0.25, -0.2) is 14.6 Å². The first kappa shape index (κ1) is 17.3. The minimum absolute atomic E-state index is 0.364. The third-order valence-electron chi connectivity index (χ3n) is 4.21. The second kappa shape index (κ2) is 6.26. The summed E-state index contributed by atoms with van der Waals surface area (Å²) in [7, 11) is 0. The zero-order valence-electron chi connectivity index (χ0n) is 14.6. The van der Waals surface area contributed by atoms with E-state index in [-0.39, 0.29) is 0 Å². The van der Waals surface area contributed by atoms with Gasteiger partial charge in [0.1, 0.15) is 0 Å². The fourth-order valence-electron chi connectivity index (χ4n) is 3.09. The van der Waals surface area contributed by atoms with Gasteiger partial charge in [-0.15, -0.1) is 34.0 Å². The van der Waals surface area contributed by atoms with E-state index in [9.17, 15) is 9.59 Å². The monoisotopic (exact) mass is 401 g/mol. The predicted octanol–water partition coefficient (Wildman–Crippen LogP) is 5.16. The maximum Gasteiger partial charge on any atom is 0.347 e. The maximum absolute atomic E-state index is 12.5. The topological polar surface area (TPSA) is 56.3 Å². The highest BCUT2D eigenvalue weighted by Crippen LogP contribution is 2.42. The molecule has 132 valence electrons. The largest absolute Gasteiger partial charge is 0.386 e. The number of aryl methyl sites for hydroxylation is 4. The second-order valence-electron chi connectivity index (χ2n) is 6.09. The fraction of sp³-hybridized carbons (Fsp3) is 0.211. The van der Waals surface area contributed by atoms with Gasteiger partial charge in [0, 0.05) is 31.1 Å². The minimum atomic E-state index is -0.574. The average molecular weight is 402 g/mol. The number of nitrogens with zero attached hydrogens (tertiary/aromatic N) is 1. The summed E-state index contributed by atoms with van der Waals surface area (Å²) in [5.74, 6) is -1.14. The Morgan fingerprint density at radius 1 is 0.885 bits per heavy atom. The van der Waals surface area contributed by atoms with Crippen molar-refractivity contribution in [3.8, 4) is 10.6 Å². The van der Waals surface area contributed by atoms with Crippen LogP contribution in [0.1, 0.15) is 30.8 Å². The van der Waals surface area contributed by atoms with Crippen molar-refractivity contribution >= 4 is 57.1 Å². The van der Waals surface area contributed by atoms with Gasteiger partial charge in [-0.3, -0.25) is 0 Å². The number of thiazole rings is 1. The Labute approximate surface area is 162 Å². The van der Waals surface area contributed by atoms with Crippen molar-refractivity contribution in [2.24, 2.45) is 0 Å². The lowest BCUT2D eigenvalue weighted by atomic mass is 9.96. The molecule has 0 bridgehead atoms. The summed E-state index contributed by atoms with van der Waals surface area (Å²) in [5, 5.41) is 3.00. The first-order valence-electron chi connectivity index (χ1n) is 7.96. The van der Waals surface area contributed by atoms with Gasteiger partial charge in [-0.2, -0.15) is 0 Å². The molecule has 0 radical (unpaired) electrons. The Morgan fingerprint density at radius 2 is 1.50 bits per heavy atom. The number of thiophene rings is 2. The van der Waals surface area contributed by atoms with Crippen LogP contribution in [0.3, 0.4) is 0 Å². The molecule has 26 heavy (non-hydrogen) atoms. The number of hydrogen-bond donors (Lipinski definition) is 0. The molecule has 3 aromatic heterocycles. The van der Waals surface area contributed by atoms with E-state index >= 15 is 0 Å². The number of aromatic nitrogens is 1. The maximum atomic E-state index is 12.5. The van der Waals surface area contributed by atoms with Crippen LogP contribution >= 0.6 is 34.0 Å². The third kappa shape index (κ3) is 2.76. The van der Waals surface area contributed by atoms with Crippen LogP contribution < -0.4 is 0 Å². The number of carbonyl (C=O) groups is 2. The van der Waals surface area contributed by atoms with Gasteiger partial charge in [-0.05, 0) is 39.8 Å². The first-order valence-corrected chi connectivity index (χ1v) is 10.5. The van der Waals surface area contributed by atoms with Crippen LogP contribution in [0.5, 0.6) is 0 Å². The lowest BCUT2D eigenvalue weighted by molar-refractivity contribution is -0.149. The normalized spacial score (nSPS) is 14.5. The van der Waals surface area contributed by atoms with E-state index in [4.69, 9.17) is 4.74 Å². The minimum Gasteiger partial charge on any atom is -0.386 e. The Kier molecular flexibility index (Phi) is 4.17. The molecule has 3 aromatic rings. The van der Waals surface area contributed by atoms with E-state index in [0.717, 1.165) is 41.3 Å². The molecule has 0 amide bonds. The third-order valence-corrected chi connectivity index (χ3v) is 7.02. The Morgan fingerprint density at radius 3 is 2.04 bits per heavy atom. The summed E-state index contributed by atoms with van der Waals surface area (Å²) in [4.78, 5) is 33.5. The summed E-state index contributed by atoms with van der Waals surface area (Å²) in [6, 6.07) is 3.89. The summed E-state index contributed by atoms with van der Waals surface area (Å²) < 4.78 is 4.98. The smallest absolute Gasteiger partial charge is 0.347 e. The van der Waals surface area contributed by atoms with Gasteiger partial charge in [0.2, 0.25) is 0 Å². The number of hydrogen-bond acceptors (Lipinski definition) is 7. The molecular weight excluding hydrogens is 386 g/mol. The highest BCUT2D eigenvalue weighted by molar-refractivity contribution is 7.16. The summed E-state index contributed by atoms with van der Waals surface area (Å²) in [6.45, 7) is 7.86. The standard InChI is InChI=1S/C19H15NO3S3/c1-8-5-12(9(2)25-8)16-17(19(22)23-18(16)21)13-6-15(26-10(13)3)14-7-24-11(4)20-14/h5-7H,1-4H3. The number of rotatable bonds is 3. The Balaban J connectivity index is 1.92. The molecule has 0 fully saturated rings. The van der Waals surface area contributed by atoms with Crippen molar-refractivity contribution in [1.82, 2.24) is 4.98 Å². The highest BCUT2D eigenvalue weighted by Gasteiger charge is 2.37. The van der Waals surface area contributed by atoms with Crippen molar-refractivity contribution in [2.75, 3.05) is 0 Å². The molecule has 0 aromatic carbocycles. The van der Waals surface area contributed by atoms with Gasteiger partial charge in [-0.1, -0.05) is 0 Å². The van der Waals surface area contributed by atoms with E-state index < -0.39 is 11.9 Å². The lowest BCUT2D eigenvalue weighted by Gasteiger charge is -2.01. The molecule has 7 heteroatoms. The molecule has 0 N–H and O–H groups in total. The summed E-state index contributed by atoms with van der Waals surface area (Å²) in [5.41, 5.74) is 3.18. The van der Waals surface area contributed by atoms with Crippen LogP contribution in [-0.2, 0) is 14.3 Å². The lowest BCUT2D eigenvalue weighted by Crippen LogP contribution is -2.02. The van der Waals surface area contributed by atoms with E-state index in [1.54, 1.807) is 34.0 Å². The highest BCUT2D eigenvalue weighted by atomic mass is 32.1. The fourth-order valence-corrected chi connectivity index (χ4v) is 5.70. The Bertz CT molecular complexity index is 1100. The van der Waals surface area contributed by atoms with E-state index in [1.807, 2.05) is 45.2 Å². The molecule has 4 rings (SSSR count). The van der Waals surface area contributed by atoms with Crippen molar-refractivity contribution in [3.63, 3.8) is 0 Å². The SMILES string of the molecule is Cc1cc(C2=C(c3cc(-c4csc(C)n4)sc3C)C(=O)OC2=O)c(C)s1. The van der Waals surface area contributed by atoms with Gasteiger partial charge < -0.3 is 4.74 Å². The van der Waals surface area contributed by atoms with Crippen molar-refractivity contribution in [3.05, 3.63) is 48.3 Å². The van der Waals surface area contributed by atoms with E-state index in [1.165, 1.54) is 0 Å². The molecule has 0 spiro atoms. The number of cyclic esters (lactones) is 2. The Hall–Kier alpha value is -2.09. The van der Waals surface area contributed by atoms with Crippen LogP contribution in [0.2, 0.25) is 0 Å². The number of ether oxygens (including phenoxy) is 1. The predicted molar refractivity (Wildman–Crippen MR) is 107 cm³/mol. The molecule has 0 aliphatic carbocycles. The van der Waals surface area contributed by atoms with Crippen LogP contribution in [0.25, 0.3) is 21.7 Å². The first-order chi connectivity index (χ1) is 12.3. The van der Waals surface area contributed by atoms with Crippen LogP contribution in [0.4, 0.5) is 0 Å². The average Bonchev–Trinajstić information content (AvgIpc) is 3.28. The molecular formula is C19H15NO3S3. The summed E-state index contributed by atoms with van der Waals surface area (Å²) >= 11 is 4.77. The van der Waals surface area contributed by atoms with Gasteiger partial charge in [0.25, 0.3) is 0 Å². The van der Waals surface area contributed by atoms with Crippen LogP contribution in [-0.4, -0.2) is 16.9 Å². The van der Waals surface area contributed by atoms with Crippen molar-refractivity contribution in [2.45, 2.75) is 27.7 Å². The van der Waals surface area contributed by atoms with E-state index in [2.05, 4.69) is 4.98 Å². The number of carbonyl (C=O) groups excluding carboxylic acids is 2. The van der Waals surface area contributed by atoms with E-state index in [0.29, 0.717) is 11.1 Å². The molecule has 0 unspecified atom stereocenters. The number of esters is 2. The molecule has 1 aliphatic heterocycles. The summed E-state index contributed by atoms with van der Waals surface area (Å²) in [6.07, 6.45) is 0. The van der Waals surface area contributed by atoms with Gasteiger partial charge in [0.05, 0.1) is 26.7 Å². The molecule has 4 heterocycles. The van der Waals surface area contributed by atoms with Crippen molar-refractivity contribution < 1.29 is 14.3 Å². The molecule has 4 nitrogen and oxygen atoms in total.